The first-order valence-corrected chi connectivity index (χ1v) is 10.9. The average Bonchev–Trinajstić information content (AvgIpc) is 3.20. The first kappa shape index (κ1) is 20.3. The second-order valence-corrected chi connectivity index (χ2v) is 8.21. The van der Waals surface area contributed by atoms with Crippen molar-refractivity contribution in [3.8, 4) is 5.69 Å². The van der Waals surface area contributed by atoms with Crippen molar-refractivity contribution in [3.05, 3.63) is 60.4 Å². The highest BCUT2D eigenvalue weighted by atomic mass is 16.7. The fraction of sp³-hybridized carbons (Fsp3) is 0.542. The lowest BCUT2D eigenvalue weighted by Gasteiger charge is -2.45. The minimum Gasteiger partial charge on any atom is -0.355 e. The van der Waals surface area contributed by atoms with E-state index in [1.54, 1.807) is 7.11 Å². The maximum atomic E-state index is 6.53. The number of para-hydroxylation sites is 1. The first-order chi connectivity index (χ1) is 14.3. The van der Waals surface area contributed by atoms with Gasteiger partial charge in [0.25, 0.3) is 0 Å². The second kappa shape index (κ2) is 9.24. The molecule has 2 aromatic rings. The predicted octanol–water partition coefficient (Wildman–Crippen LogP) is 4.46. The summed E-state index contributed by atoms with van der Waals surface area (Å²) in [6.45, 7) is 7.11. The third kappa shape index (κ3) is 4.32. The molecule has 1 unspecified atom stereocenters. The molecule has 1 aromatic carbocycles. The van der Waals surface area contributed by atoms with E-state index >= 15 is 0 Å². The van der Waals surface area contributed by atoms with E-state index < -0.39 is 0 Å². The van der Waals surface area contributed by atoms with Gasteiger partial charge in [0.1, 0.15) is 5.60 Å². The van der Waals surface area contributed by atoms with Gasteiger partial charge in [0.05, 0.1) is 17.6 Å². The molecule has 29 heavy (non-hydrogen) atoms. The maximum Gasteiger partial charge on any atom is 0.163 e. The molecule has 5 heteroatoms. The summed E-state index contributed by atoms with van der Waals surface area (Å²) in [5, 5.41) is 4.74. The molecule has 0 bridgehead atoms. The highest BCUT2D eigenvalue weighted by molar-refractivity contribution is 5.38. The van der Waals surface area contributed by atoms with E-state index in [1.807, 2.05) is 18.3 Å². The fourth-order valence-corrected chi connectivity index (χ4v) is 4.71. The number of rotatable bonds is 8. The highest BCUT2D eigenvalue weighted by Gasteiger charge is 2.45. The van der Waals surface area contributed by atoms with Crippen molar-refractivity contribution in [2.45, 2.75) is 56.8 Å². The maximum absolute atomic E-state index is 6.53. The molecule has 0 radical (unpaired) electrons. The number of likely N-dealkylation sites (tertiary alicyclic amines) is 1. The number of aromatic nitrogens is 2. The van der Waals surface area contributed by atoms with Crippen LogP contribution in [0.25, 0.3) is 5.69 Å². The van der Waals surface area contributed by atoms with Crippen molar-refractivity contribution in [3.63, 3.8) is 0 Å². The number of unbranched alkanes of at least 4 members (excludes halogenated alkanes) is 3. The molecule has 4 rings (SSSR count). The molecule has 1 aromatic heterocycles. The summed E-state index contributed by atoms with van der Waals surface area (Å²) >= 11 is 0. The van der Waals surface area contributed by atoms with Gasteiger partial charge in [0.15, 0.2) is 6.29 Å². The van der Waals surface area contributed by atoms with Gasteiger partial charge in [0.2, 0.25) is 0 Å². The quantitative estimate of drug-likeness (QED) is 0.489. The minimum atomic E-state index is -0.277. The van der Waals surface area contributed by atoms with Crippen molar-refractivity contribution in [2.75, 3.05) is 26.7 Å². The number of nitrogens with zero attached hydrogens (tertiary/aromatic N) is 3. The Balaban J connectivity index is 1.48. The van der Waals surface area contributed by atoms with Crippen LogP contribution in [0.4, 0.5) is 0 Å². The zero-order valence-electron chi connectivity index (χ0n) is 17.6. The smallest absolute Gasteiger partial charge is 0.163 e. The normalized spacial score (nSPS) is 21.2. The Morgan fingerprint density at radius 3 is 2.72 bits per heavy atom. The molecule has 2 aliphatic rings. The molecular formula is C24H33N3O2. The summed E-state index contributed by atoms with van der Waals surface area (Å²) in [6, 6.07) is 10.4. The summed E-state index contributed by atoms with van der Waals surface area (Å²) in [5.74, 6) is 0. The third-order valence-electron chi connectivity index (χ3n) is 6.39. The molecule has 3 heterocycles. The Morgan fingerprint density at radius 1 is 1.21 bits per heavy atom. The molecule has 1 fully saturated rings. The molecule has 0 saturated carbocycles. The summed E-state index contributed by atoms with van der Waals surface area (Å²) in [5.41, 5.74) is 3.30. The van der Waals surface area contributed by atoms with E-state index in [9.17, 15) is 0 Å². The Hall–Kier alpha value is -1.95. The van der Waals surface area contributed by atoms with Crippen LogP contribution in [0.15, 0.2) is 49.2 Å². The van der Waals surface area contributed by atoms with Crippen molar-refractivity contribution in [2.24, 2.45) is 0 Å². The molecule has 2 aliphatic heterocycles. The lowest BCUT2D eigenvalue weighted by atomic mass is 9.82. The van der Waals surface area contributed by atoms with Gasteiger partial charge in [-0.05, 0) is 50.8 Å². The molecule has 1 atom stereocenters. The second-order valence-electron chi connectivity index (χ2n) is 8.21. The van der Waals surface area contributed by atoms with E-state index in [-0.39, 0.29) is 11.9 Å². The van der Waals surface area contributed by atoms with E-state index in [0.717, 1.165) is 44.5 Å². The number of hydrogen-bond donors (Lipinski definition) is 0. The van der Waals surface area contributed by atoms with Crippen LogP contribution in [0.3, 0.4) is 0 Å². The van der Waals surface area contributed by atoms with E-state index in [2.05, 4.69) is 40.4 Å². The van der Waals surface area contributed by atoms with Gasteiger partial charge in [0, 0.05) is 32.2 Å². The topological polar surface area (TPSA) is 39.5 Å². The molecular weight excluding hydrogens is 362 g/mol. The van der Waals surface area contributed by atoms with Gasteiger partial charge in [-0.1, -0.05) is 30.7 Å². The van der Waals surface area contributed by atoms with Crippen LogP contribution in [0.2, 0.25) is 0 Å². The highest BCUT2D eigenvalue weighted by Crippen LogP contribution is 2.44. The van der Waals surface area contributed by atoms with Crippen LogP contribution in [0.5, 0.6) is 0 Å². The monoisotopic (exact) mass is 395 g/mol. The van der Waals surface area contributed by atoms with Crippen molar-refractivity contribution >= 4 is 0 Å². The number of allylic oxidation sites excluding steroid dienone is 1. The fourth-order valence-electron chi connectivity index (χ4n) is 4.71. The van der Waals surface area contributed by atoms with Crippen LogP contribution >= 0.6 is 0 Å². The van der Waals surface area contributed by atoms with Crippen LogP contribution in [-0.2, 0) is 21.5 Å². The van der Waals surface area contributed by atoms with Crippen LogP contribution in [-0.4, -0.2) is 47.7 Å². The SMILES string of the molecule is C=CCCCCCN1CCC2(CC1)OC(OC)Cc1c2cnn1-c1ccccc1. The molecule has 0 amide bonds. The van der Waals surface area contributed by atoms with Crippen molar-refractivity contribution in [1.29, 1.82) is 0 Å². The van der Waals surface area contributed by atoms with Crippen LogP contribution < -0.4 is 0 Å². The van der Waals surface area contributed by atoms with Gasteiger partial charge in [-0.15, -0.1) is 6.58 Å². The van der Waals surface area contributed by atoms with Crippen LogP contribution in [0.1, 0.15) is 49.8 Å². The van der Waals surface area contributed by atoms with Gasteiger partial charge in [-0.25, -0.2) is 4.68 Å². The number of methoxy groups -OCH3 is 1. The van der Waals surface area contributed by atoms with Gasteiger partial charge in [-0.2, -0.15) is 5.10 Å². The number of fused-ring (bicyclic) bond motifs is 2. The molecule has 1 saturated heterocycles. The Labute approximate surface area is 174 Å². The standard InChI is InChI=1S/C24H33N3O2/c1-3-4-5-6-10-15-26-16-13-24(14-17-26)21-19-25-27(20-11-8-7-9-12-20)22(21)18-23(28-2)29-24/h3,7-9,11-12,19,23H,1,4-6,10,13-18H2,2H3. The van der Waals surface area contributed by atoms with E-state index in [4.69, 9.17) is 14.6 Å². The molecule has 156 valence electrons. The summed E-state index contributed by atoms with van der Waals surface area (Å²) in [7, 11) is 1.74. The number of benzene rings is 1. The Kier molecular flexibility index (Phi) is 6.48. The van der Waals surface area contributed by atoms with E-state index in [1.165, 1.54) is 37.1 Å². The average molecular weight is 396 g/mol. The number of piperidine rings is 1. The summed E-state index contributed by atoms with van der Waals surface area (Å²) < 4.78 is 14.3. The van der Waals surface area contributed by atoms with Crippen LogP contribution in [0, 0.1) is 0 Å². The summed E-state index contributed by atoms with van der Waals surface area (Å²) in [4.78, 5) is 2.58. The predicted molar refractivity (Wildman–Crippen MR) is 115 cm³/mol. The summed E-state index contributed by atoms with van der Waals surface area (Å²) in [6.07, 6.45) is 11.5. The third-order valence-corrected chi connectivity index (χ3v) is 6.39. The van der Waals surface area contributed by atoms with Crippen molar-refractivity contribution < 1.29 is 9.47 Å². The zero-order valence-corrected chi connectivity index (χ0v) is 17.6. The molecule has 0 N–H and O–H groups in total. The van der Waals surface area contributed by atoms with Crippen molar-refractivity contribution in [1.82, 2.24) is 14.7 Å². The van der Waals surface area contributed by atoms with Gasteiger partial charge in [-0.3, -0.25) is 0 Å². The minimum absolute atomic E-state index is 0.216. The Morgan fingerprint density at radius 2 is 2.00 bits per heavy atom. The first-order valence-electron chi connectivity index (χ1n) is 10.9. The lowest BCUT2D eigenvalue weighted by Crippen LogP contribution is -2.49. The molecule has 0 aliphatic carbocycles. The number of hydrogen-bond acceptors (Lipinski definition) is 4. The lowest BCUT2D eigenvalue weighted by molar-refractivity contribution is -0.227. The Bertz CT molecular complexity index is 794. The van der Waals surface area contributed by atoms with Gasteiger partial charge < -0.3 is 14.4 Å². The molecule has 5 nitrogen and oxygen atoms in total. The molecule has 1 spiro atoms. The number of ether oxygens (including phenoxy) is 2. The largest absolute Gasteiger partial charge is 0.355 e. The van der Waals surface area contributed by atoms with E-state index in [0.29, 0.717) is 0 Å². The van der Waals surface area contributed by atoms with Gasteiger partial charge >= 0.3 is 0 Å². The zero-order chi connectivity index (χ0) is 20.1.